The van der Waals surface area contributed by atoms with Crippen molar-refractivity contribution in [2.24, 2.45) is 0 Å². The third-order valence-corrected chi connectivity index (χ3v) is 3.00. The van der Waals surface area contributed by atoms with Crippen molar-refractivity contribution in [3.63, 3.8) is 0 Å². The maximum Gasteiger partial charge on any atom is 0.120 e. The van der Waals surface area contributed by atoms with Crippen LogP contribution in [0.5, 0.6) is 5.75 Å². The average molecular weight is 280 g/mol. The Kier molecular flexibility index (Phi) is 5.43. The minimum Gasteiger partial charge on any atom is -0.489 e. The molecule has 108 valence electrons. The molecule has 0 aliphatic carbocycles. The average Bonchev–Trinajstić information content (AvgIpc) is 2.45. The van der Waals surface area contributed by atoms with Crippen LogP contribution in [0.15, 0.2) is 42.5 Å². The van der Waals surface area contributed by atoms with Gasteiger partial charge in [-0.25, -0.2) is 0 Å². The van der Waals surface area contributed by atoms with Crippen LogP contribution >= 0.6 is 0 Å². The number of rotatable bonds is 4. The highest BCUT2D eigenvalue weighted by Gasteiger charge is 1.99. The predicted octanol–water partition coefficient (Wildman–Crippen LogP) is 3.62. The van der Waals surface area contributed by atoms with Gasteiger partial charge in [-0.1, -0.05) is 30.0 Å². The molecule has 0 heterocycles. The van der Waals surface area contributed by atoms with Crippen molar-refractivity contribution < 1.29 is 9.84 Å². The van der Waals surface area contributed by atoms with Crippen LogP contribution < -0.4 is 4.74 Å². The number of hydrogen-bond acceptors (Lipinski definition) is 2. The van der Waals surface area contributed by atoms with E-state index in [9.17, 15) is 0 Å². The van der Waals surface area contributed by atoms with Crippen molar-refractivity contribution in [3.05, 3.63) is 64.7 Å². The molecule has 0 aliphatic rings. The summed E-state index contributed by atoms with van der Waals surface area (Å²) in [4.78, 5) is 0. The second kappa shape index (κ2) is 7.52. The fraction of sp³-hybridized carbons (Fsp3) is 0.263. The van der Waals surface area contributed by atoms with E-state index in [4.69, 9.17) is 9.84 Å². The van der Waals surface area contributed by atoms with Gasteiger partial charge >= 0.3 is 0 Å². The molecule has 2 aromatic carbocycles. The highest BCUT2D eigenvalue weighted by Crippen LogP contribution is 2.18. The quantitative estimate of drug-likeness (QED) is 0.867. The largest absolute Gasteiger partial charge is 0.489 e. The van der Waals surface area contributed by atoms with E-state index in [1.54, 1.807) is 0 Å². The summed E-state index contributed by atoms with van der Waals surface area (Å²) in [5, 5.41) is 8.73. The summed E-state index contributed by atoms with van der Waals surface area (Å²) in [6.45, 7) is 4.76. The molecule has 0 unspecified atom stereocenters. The molecule has 21 heavy (non-hydrogen) atoms. The van der Waals surface area contributed by atoms with E-state index < -0.39 is 0 Å². The van der Waals surface area contributed by atoms with Crippen molar-refractivity contribution in [2.75, 3.05) is 6.61 Å². The number of ether oxygens (including phenoxy) is 1. The highest BCUT2D eigenvalue weighted by atomic mass is 16.5. The molecule has 0 fully saturated rings. The van der Waals surface area contributed by atoms with Crippen LogP contribution in [0.2, 0.25) is 0 Å². The Hall–Kier alpha value is -2.24. The summed E-state index contributed by atoms with van der Waals surface area (Å²) in [5.74, 6) is 6.86. The monoisotopic (exact) mass is 280 g/mol. The van der Waals surface area contributed by atoms with Crippen molar-refractivity contribution in [2.45, 2.75) is 26.9 Å². The number of benzene rings is 2. The molecule has 0 saturated heterocycles. The van der Waals surface area contributed by atoms with Crippen LogP contribution in [0.25, 0.3) is 0 Å². The molecule has 0 saturated carbocycles. The summed E-state index contributed by atoms with van der Waals surface area (Å²) in [6, 6.07) is 14.2. The topological polar surface area (TPSA) is 29.5 Å². The molecule has 0 bridgehead atoms. The highest BCUT2D eigenvalue weighted by molar-refractivity contribution is 5.37. The number of aliphatic hydroxyl groups excluding tert-OH is 1. The van der Waals surface area contributed by atoms with E-state index in [-0.39, 0.29) is 6.61 Å². The zero-order chi connectivity index (χ0) is 15.1. The van der Waals surface area contributed by atoms with E-state index in [2.05, 4.69) is 31.8 Å². The van der Waals surface area contributed by atoms with Crippen molar-refractivity contribution in [1.29, 1.82) is 0 Å². The van der Waals surface area contributed by atoms with Crippen LogP contribution in [0.3, 0.4) is 0 Å². The van der Waals surface area contributed by atoms with Gasteiger partial charge in [0.1, 0.15) is 12.4 Å². The molecule has 2 aromatic rings. The first-order valence-corrected chi connectivity index (χ1v) is 7.07. The molecule has 0 radical (unpaired) electrons. The maximum absolute atomic E-state index is 8.73. The van der Waals surface area contributed by atoms with Gasteiger partial charge in [-0.05, 0) is 54.8 Å². The summed E-state index contributed by atoms with van der Waals surface area (Å²) >= 11 is 0. The molecule has 2 rings (SSSR count). The van der Waals surface area contributed by atoms with Gasteiger partial charge in [0.2, 0.25) is 0 Å². The maximum atomic E-state index is 8.73. The SMILES string of the molecule is Cc1cc(C)cc(OCc2cccc(C#CCCO)c2)c1. The van der Waals surface area contributed by atoms with Crippen LogP contribution in [-0.2, 0) is 6.61 Å². The van der Waals surface area contributed by atoms with E-state index in [1.165, 1.54) is 11.1 Å². The van der Waals surface area contributed by atoms with Gasteiger partial charge in [-0.3, -0.25) is 0 Å². The van der Waals surface area contributed by atoms with E-state index in [0.29, 0.717) is 13.0 Å². The first kappa shape index (κ1) is 15.2. The lowest BCUT2D eigenvalue weighted by molar-refractivity contribution is 0.305. The molecular formula is C19H20O2. The van der Waals surface area contributed by atoms with Gasteiger partial charge in [-0.15, -0.1) is 0 Å². The Bertz CT molecular complexity index is 643. The van der Waals surface area contributed by atoms with Crippen LogP contribution in [0.4, 0.5) is 0 Å². The molecule has 0 atom stereocenters. The second-order valence-electron chi connectivity index (χ2n) is 5.09. The summed E-state index contributed by atoms with van der Waals surface area (Å²) in [5.41, 5.74) is 4.44. The Balaban J connectivity index is 2.03. The summed E-state index contributed by atoms with van der Waals surface area (Å²) in [6.07, 6.45) is 0.503. The fourth-order valence-electron chi connectivity index (χ4n) is 2.14. The number of hydrogen-bond donors (Lipinski definition) is 1. The molecule has 2 nitrogen and oxygen atoms in total. The minimum absolute atomic E-state index is 0.0997. The molecule has 0 spiro atoms. The molecule has 2 heteroatoms. The summed E-state index contributed by atoms with van der Waals surface area (Å²) in [7, 11) is 0. The van der Waals surface area contributed by atoms with Gasteiger partial charge in [0, 0.05) is 12.0 Å². The summed E-state index contributed by atoms with van der Waals surface area (Å²) < 4.78 is 5.85. The van der Waals surface area contributed by atoms with Gasteiger partial charge < -0.3 is 9.84 Å². The van der Waals surface area contributed by atoms with Gasteiger partial charge in [0.05, 0.1) is 6.61 Å². The third kappa shape index (κ3) is 4.98. The Morgan fingerprint density at radius 3 is 2.52 bits per heavy atom. The third-order valence-electron chi connectivity index (χ3n) is 3.00. The van der Waals surface area contributed by atoms with Crippen molar-refractivity contribution in [3.8, 4) is 17.6 Å². The molecule has 0 aromatic heterocycles. The fourth-order valence-corrected chi connectivity index (χ4v) is 2.14. The zero-order valence-corrected chi connectivity index (χ0v) is 12.5. The first-order chi connectivity index (χ1) is 10.2. The van der Waals surface area contributed by atoms with Crippen molar-refractivity contribution >= 4 is 0 Å². The number of aryl methyl sites for hydroxylation is 2. The molecule has 0 amide bonds. The van der Waals surface area contributed by atoms with Crippen molar-refractivity contribution in [1.82, 2.24) is 0 Å². The standard InChI is InChI=1S/C19H20O2/c1-15-10-16(2)12-19(11-15)21-14-18-8-5-7-17(13-18)6-3-4-9-20/h5,7-8,10-13,20H,4,9,14H2,1-2H3. The van der Waals surface area contributed by atoms with E-state index >= 15 is 0 Å². The van der Waals surface area contributed by atoms with Gasteiger partial charge in [0.15, 0.2) is 0 Å². The number of aliphatic hydroxyl groups is 1. The zero-order valence-electron chi connectivity index (χ0n) is 12.5. The first-order valence-electron chi connectivity index (χ1n) is 7.07. The van der Waals surface area contributed by atoms with E-state index in [0.717, 1.165) is 16.9 Å². The second-order valence-corrected chi connectivity index (χ2v) is 5.09. The Labute approximate surface area is 126 Å². The molecular weight excluding hydrogens is 260 g/mol. The lowest BCUT2D eigenvalue weighted by atomic mass is 10.1. The Morgan fingerprint density at radius 2 is 1.81 bits per heavy atom. The van der Waals surface area contributed by atoms with Gasteiger partial charge in [-0.2, -0.15) is 0 Å². The minimum atomic E-state index is 0.0997. The molecule has 1 N–H and O–H groups in total. The predicted molar refractivity (Wildman–Crippen MR) is 85.3 cm³/mol. The Morgan fingerprint density at radius 1 is 1.05 bits per heavy atom. The normalized spacial score (nSPS) is 9.86. The lowest BCUT2D eigenvalue weighted by Crippen LogP contribution is -1.96. The molecule has 0 aliphatic heterocycles. The smallest absolute Gasteiger partial charge is 0.120 e. The van der Waals surface area contributed by atoms with Crippen LogP contribution in [-0.4, -0.2) is 11.7 Å². The van der Waals surface area contributed by atoms with Crippen LogP contribution in [0, 0.1) is 25.7 Å². The lowest BCUT2D eigenvalue weighted by Gasteiger charge is -2.08. The van der Waals surface area contributed by atoms with Crippen LogP contribution in [0.1, 0.15) is 28.7 Å². The van der Waals surface area contributed by atoms with E-state index in [1.807, 2.05) is 36.4 Å². The van der Waals surface area contributed by atoms with Gasteiger partial charge in [0.25, 0.3) is 0 Å².